The lowest BCUT2D eigenvalue weighted by molar-refractivity contribution is 0.147. The van der Waals surface area contributed by atoms with Crippen molar-refractivity contribution in [2.24, 2.45) is 5.92 Å². The smallest absolute Gasteiger partial charge is 0.0263 e. The van der Waals surface area contributed by atoms with Crippen LogP contribution < -0.4 is 0 Å². The van der Waals surface area contributed by atoms with Gasteiger partial charge in [0, 0.05) is 18.6 Å². The molecule has 2 aliphatic rings. The largest absolute Gasteiger partial charge is 0.302 e. The molecule has 2 rings (SSSR count). The zero-order valence-electron chi connectivity index (χ0n) is 8.45. The van der Waals surface area contributed by atoms with Crippen molar-refractivity contribution < 1.29 is 0 Å². The summed E-state index contributed by atoms with van der Waals surface area (Å²) in [6.07, 6.45) is 2.84. The van der Waals surface area contributed by atoms with Gasteiger partial charge in [0.2, 0.25) is 0 Å². The number of hydrogen-bond acceptors (Lipinski definition) is 2. The lowest BCUT2D eigenvalue weighted by Crippen LogP contribution is -2.43. The van der Waals surface area contributed by atoms with Crippen molar-refractivity contribution in [2.45, 2.75) is 31.8 Å². The number of nitrogens with zero attached hydrogens (tertiary/aromatic N) is 2. The van der Waals surface area contributed by atoms with Crippen LogP contribution in [0.3, 0.4) is 0 Å². The quantitative estimate of drug-likeness (QED) is 0.533. The van der Waals surface area contributed by atoms with E-state index in [1.807, 2.05) is 0 Å². The predicted octanol–water partition coefficient (Wildman–Crippen LogP) is 1.03. The molecule has 0 aromatic carbocycles. The molecule has 0 saturated carbocycles. The first-order chi connectivity index (χ1) is 5.70. The second-order valence-corrected chi connectivity index (χ2v) is 4.53. The molecule has 3 unspecified atom stereocenters. The molecule has 0 bridgehead atoms. The second kappa shape index (κ2) is 3.00. The summed E-state index contributed by atoms with van der Waals surface area (Å²) in [7, 11) is 4.54. The fraction of sp³-hybridized carbons (Fsp3) is 1.00. The van der Waals surface area contributed by atoms with Gasteiger partial charge in [-0.1, -0.05) is 0 Å². The van der Waals surface area contributed by atoms with Gasteiger partial charge in [-0.15, -0.1) is 0 Å². The van der Waals surface area contributed by atoms with Gasteiger partial charge in [0.15, 0.2) is 0 Å². The van der Waals surface area contributed by atoms with E-state index in [-0.39, 0.29) is 0 Å². The number of likely N-dealkylation sites (tertiary alicyclic amines) is 2. The van der Waals surface area contributed by atoms with E-state index in [9.17, 15) is 0 Å². The summed E-state index contributed by atoms with van der Waals surface area (Å²) in [6, 6.07) is 1.65. The van der Waals surface area contributed by atoms with Gasteiger partial charge in [-0.2, -0.15) is 0 Å². The van der Waals surface area contributed by atoms with Gasteiger partial charge in [0.05, 0.1) is 0 Å². The Morgan fingerprint density at radius 3 is 2.58 bits per heavy atom. The van der Waals surface area contributed by atoms with E-state index in [4.69, 9.17) is 0 Å². The average Bonchev–Trinajstić information content (AvgIpc) is 2.32. The Morgan fingerprint density at radius 2 is 1.92 bits per heavy atom. The van der Waals surface area contributed by atoms with Crippen LogP contribution in [0.5, 0.6) is 0 Å². The molecule has 2 heteroatoms. The Labute approximate surface area is 75.5 Å². The molecule has 2 saturated heterocycles. The molecule has 0 aromatic rings. The minimum atomic E-state index is 0.803. The van der Waals surface area contributed by atoms with E-state index < -0.39 is 0 Å². The molecule has 0 spiro atoms. The Balaban J connectivity index is 2.10. The molecule has 0 amide bonds. The van der Waals surface area contributed by atoms with Gasteiger partial charge in [0.1, 0.15) is 0 Å². The van der Waals surface area contributed by atoms with Crippen LogP contribution in [0, 0.1) is 5.92 Å². The number of likely N-dealkylation sites (N-methyl/N-ethyl adjacent to an activating group) is 2. The molecule has 2 fully saturated rings. The lowest BCUT2D eigenvalue weighted by Gasteiger charge is -2.35. The van der Waals surface area contributed by atoms with E-state index in [0.717, 1.165) is 18.0 Å². The lowest BCUT2D eigenvalue weighted by atomic mass is 9.88. The molecule has 12 heavy (non-hydrogen) atoms. The summed E-state index contributed by atoms with van der Waals surface area (Å²) in [5.74, 6) is 0.939. The van der Waals surface area contributed by atoms with Crippen LogP contribution in [0.15, 0.2) is 0 Å². The summed E-state index contributed by atoms with van der Waals surface area (Å²) in [5, 5.41) is 0. The number of hydrogen-bond donors (Lipinski definition) is 0. The van der Waals surface area contributed by atoms with Gasteiger partial charge < -0.3 is 9.80 Å². The normalized spacial score (nSPS) is 44.8. The molecular formula is C10H20N2. The first-order valence-electron chi connectivity index (χ1n) is 5.10. The zero-order valence-corrected chi connectivity index (χ0v) is 8.45. The van der Waals surface area contributed by atoms with E-state index in [0.29, 0.717) is 0 Å². The maximum absolute atomic E-state index is 2.55. The van der Waals surface area contributed by atoms with Crippen molar-refractivity contribution in [3.05, 3.63) is 0 Å². The maximum Gasteiger partial charge on any atom is 0.0263 e. The van der Waals surface area contributed by atoms with Crippen LogP contribution in [0.4, 0.5) is 0 Å². The number of rotatable bonds is 0. The van der Waals surface area contributed by atoms with Gasteiger partial charge in [-0.25, -0.2) is 0 Å². The van der Waals surface area contributed by atoms with Crippen LogP contribution in [0.1, 0.15) is 19.8 Å². The molecule has 0 radical (unpaired) electrons. The Hall–Kier alpha value is -0.0800. The van der Waals surface area contributed by atoms with Crippen molar-refractivity contribution in [3.8, 4) is 0 Å². The second-order valence-electron chi connectivity index (χ2n) is 4.53. The Kier molecular flexibility index (Phi) is 2.13. The monoisotopic (exact) mass is 168 g/mol. The highest BCUT2D eigenvalue weighted by molar-refractivity contribution is 4.96. The molecular weight excluding hydrogens is 148 g/mol. The summed E-state index contributed by atoms with van der Waals surface area (Å²) >= 11 is 0. The highest BCUT2D eigenvalue weighted by Gasteiger charge is 2.40. The van der Waals surface area contributed by atoms with Crippen LogP contribution in [-0.2, 0) is 0 Å². The van der Waals surface area contributed by atoms with Crippen LogP contribution in [-0.4, -0.2) is 49.1 Å². The minimum absolute atomic E-state index is 0.803. The summed E-state index contributed by atoms with van der Waals surface area (Å²) in [6.45, 7) is 4.97. The van der Waals surface area contributed by atoms with Crippen molar-refractivity contribution in [1.82, 2.24) is 9.80 Å². The first kappa shape index (κ1) is 8.52. The third kappa shape index (κ3) is 1.17. The van der Waals surface area contributed by atoms with Gasteiger partial charge in [0.25, 0.3) is 0 Å². The summed E-state index contributed by atoms with van der Waals surface area (Å²) in [4.78, 5) is 5.06. The predicted molar refractivity (Wildman–Crippen MR) is 51.2 cm³/mol. The highest BCUT2D eigenvalue weighted by Crippen LogP contribution is 2.33. The van der Waals surface area contributed by atoms with E-state index in [1.54, 1.807) is 0 Å². The molecule has 3 atom stereocenters. The summed E-state index contributed by atoms with van der Waals surface area (Å²) in [5.41, 5.74) is 0. The van der Waals surface area contributed by atoms with Gasteiger partial charge in [-0.05, 0) is 46.3 Å². The van der Waals surface area contributed by atoms with E-state index in [1.165, 1.54) is 25.9 Å². The third-order valence-electron chi connectivity index (χ3n) is 3.90. The van der Waals surface area contributed by atoms with E-state index in [2.05, 4.69) is 30.8 Å². The molecule has 2 nitrogen and oxygen atoms in total. The molecule has 0 N–H and O–H groups in total. The Morgan fingerprint density at radius 1 is 1.17 bits per heavy atom. The Bertz CT molecular complexity index is 169. The third-order valence-corrected chi connectivity index (χ3v) is 3.90. The minimum Gasteiger partial charge on any atom is -0.302 e. The fourth-order valence-corrected chi connectivity index (χ4v) is 2.89. The fourth-order valence-electron chi connectivity index (χ4n) is 2.89. The standard InChI is InChI=1S/C10H20N2/c1-8-9-5-4-6-11(2)10(9)7-12(8)3/h8-10H,4-7H2,1-3H3. The van der Waals surface area contributed by atoms with Crippen molar-refractivity contribution in [1.29, 1.82) is 0 Å². The molecule has 0 aromatic heterocycles. The van der Waals surface area contributed by atoms with Crippen molar-refractivity contribution in [2.75, 3.05) is 27.2 Å². The average molecular weight is 168 g/mol. The van der Waals surface area contributed by atoms with Crippen molar-refractivity contribution in [3.63, 3.8) is 0 Å². The number of fused-ring (bicyclic) bond motifs is 1. The van der Waals surface area contributed by atoms with E-state index >= 15 is 0 Å². The zero-order chi connectivity index (χ0) is 8.72. The first-order valence-corrected chi connectivity index (χ1v) is 5.10. The molecule has 70 valence electrons. The molecule has 0 aliphatic carbocycles. The highest BCUT2D eigenvalue weighted by atomic mass is 15.3. The van der Waals surface area contributed by atoms with Crippen LogP contribution in [0.25, 0.3) is 0 Å². The van der Waals surface area contributed by atoms with Gasteiger partial charge >= 0.3 is 0 Å². The maximum atomic E-state index is 2.55. The van der Waals surface area contributed by atoms with Crippen LogP contribution in [0.2, 0.25) is 0 Å². The SMILES string of the molecule is CC1C2CCCN(C)C2CN1C. The van der Waals surface area contributed by atoms with Gasteiger partial charge in [-0.3, -0.25) is 0 Å². The number of piperidine rings is 1. The topological polar surface area (TPSA) is 6.48 Å². The molecule has 2 heterocycles. The van der Waals surface area contributed by atoms with Crippen molar-refractivity contribution >= 4 is 0 Å². The van der Waals surface area contributed by atoms with Crippen LogP contribution >= 0.6 is 0 Å². The molecule has 2 aliphatic heterocycles. The summed E-state index contributed by atoms with van der Waals surface area (Å²) < 4.78 is 0.